The van der Waals surface area contributed by atoms with Crippen molar-refractivity contribution in [2.75, 3.05) is 0 Å². The number of pyridine rings is 1. The Hall–Kier alpha value is -1.94. The van der Waals surface area contributed by atoms with Gasteiger partial charge in [-0.3, -0.25) is 4.79 Å². The molecule has 96 valence electrons. The lowest BCUT2D eigenvalue weighted by molar-refractivity contribution is 1.10. The van der Waals surface area contributed by atoms with E-state index < -0.39 is 0 Å². The summed E-state index contributed by atoms with van der Waals surface area (Å²) in [7, 11) is 0. The van der Waals surface area contributed by atoms with E-state index in [1.165, 1.54) is 4.88 Å². The number of H-pyrrole nitrogens is 1. The van der Waals surface area contributed by atoms with E-state index in [4.69, 9.17) is 0 Å². The number of aromatic nitrogens is 2. The van der Waals surface area contributed by atoms with E-state index >= 15 is 0 Å². The van der Waals surface area contributed by atoms with Gasteiger partial charge < -0.3 is 4.98 Å². The SMILES string of the molecule is Cc1nc(C)c(Cc2cc3ccccc3[nH]c2=O)s1. The van der Waals surface area contributed by atoms with Crippen LogP contribution in [0.5, 0.6) is 0 Å². The molecule has 2 aromatic heterocycles. The van der Waals surface area contributed by atoms with E-state index in [-0.39, 0.29) is 5.56 Å². The zero-order valence-electron chi connectivity index (χ0n) is 10.9. The number of thiazole rings is 1. The fraction of sp³-hybridized carbons (Fsp3) is 0.200. The van der Waals surface area contributed by atoms with Crippen molar-refractivity contribution in [3.63, 3.8) is 0 Å². The van der Waals surface area contributed by atoms with Crippen LogP contribution in [0.3, 0.4) is 0 Å². The molecule has 0 unspecified atom stereocenters. The lowest BCUT2D eigenvalue weighted by Gasteiger charge is -2.02. The van der Waals surface area contributed by atoms with Crippen LogP contribution in [0.2, 0.25) is 0 Å². The number of hydrogen-bond donors (Lipinski definition) is 1. The Morgan fingerprint density at radius 1 is 1.26 bits per heavy atom. The van der Waals surface area contributed by atoms with Gasteiger partial charge in [-0.1, -0.05) is 18.2 Å². The molecule has 2 heterocycles. The van der Waals surface area contributed by atoms with Crippen LogP contribution in [-0.4, -0.2) is 9.97 Å². The highest BCUT2D eigenvalue weighted by atomic mass is 32.1. The van der Waals surface area contributed by atoms with Crippen molar-refractivity contribution in [1.29, 1.82) is 0 Å². The molecule has 0 amide bonds. The molecule has 0 aliphatic carbocycles. The first-order valence-corrected chi connectivity index (χ1v) is 6.99. The van der Waals surface area contributed by atoms with Crippen molar-refractivity contribution in [2.45, 2.75) is 20.3 Å². The van der Waals surface area contributed by atoms with Crippen LogP contribution in [0, 0.1) is 13.8 Å². The molecule has 0 bridgehead atoms. The maximum absolute atomic E-state index is 12.1. The van der Waals surface area contributed by atoms with Crippen LogP contribution >= 0.6 is 11.3 Å². The van der Waals surface area contributed by atoms with E-state index in [0.29, 0.717) is 6.42 Å². The Balaban J connectivity index is 2.08. The number of aryl methyl sites for hydroxylation is 2. The predicted octanol–water partition coefficient (Wildman–Crippen LogP) is 3.19. The predicted molar refractivity (Wildman–Crippen MR) is 79.0 cm³/mol. The maximum Gasteiger partial charge on any atom is 0.251 e. The Kier molecular flexibility index (Phi) is 2.95. The van der Waals surface area contributed by atoms with Gasteiger partial charge in [0.25, 0.3) is 5.56 Å². The van der Waals surface area contributed by atoms with Crippen LogP contribution in [0.15, 0.2) is 35.1 Å². The minimum atomic E-state index is -0.0100. The number of fused-ring (bicyclic) bond motifs is 1. The van der Waals surface area contributed by atoms with Gasteiger partial charge in [0.1, 0.15) is 0 Å². The molecule has 0 aliphatic rings. The molecule has 0 atom stereocenters. The molecule has 3 aromatic rings. The normalized spacial score (nSPS) is 11.1. The molecule has 3 rings (SSSR count). The molecule has 4 heteroatoms. The minimum absolute atomic E-state index is 0.0100. The Morgan fingerprint density at radius 2 is 2.05 bits per heavy atom. The highest BCUT2D eigenvalue weighted by Gasteiger charge is 2.09. The van der Waals surface area contributed by atoms with Gasteiger partial charge in [-0.05, 0) is 31.4 Å². The molecule has 0 radical (unpaired) electrons. The average Bonchev–Trinajstić information content (AvgIpc) is 2.69. The number of nitrogens with zero attached hydrogens (tertiary/aromatic N) is 1. The summed E-state index contributed by atoms with van der Waals surface area (Å²) < 4.78 is 0. The maximum atomic E-state index is 12.1. The first kappa shape index (κ1) is 12.1. The van der Waals surface area contributed by atoms with E-state index in [2.05, 4.69) is 9.97 Å². The first-order valence-electron chi connectivity index (χ1n) is 6.17. The third-order valence-corrected chi connectivity index (χ3v) is 4.25. The molecular formula is C15H14N2OS. The van der Waals surface area contributed by atoms with E-state index in [1.807, 2.05) is 44.2 Å². The largest absolute Gasteiger partial charge is 0.322 e. The van der Waals surface area contributed by atoms with Gasteiger partial charge in [0.05, 0.1) is 10.7 Å². The highest BCUT2D eigenvalue weighted by Crippen LogP contribution is 2.20. The van der Waals surface area contributed by atoms with Crippen LogP contribution in [0.4, 0.5) is 0 Å². The van der Waals surface area contributed by atoms with Gasteiger partial charge in [0, 0.05) is 22.4 Å². The molecule has 0 spiro atoms. The quantitative estimate of drug-likeness (QED) is 0.777. The first-order chi connectivity index (χ1) is 9.13. The zero-order chi connectivity index (χ0) is 13.4. The molecule has 3 nitrogen and oxygen atoms in total. The van der Waals surface area contributed by atoms with Gasteiger partial charge in [-0.2, -0.15) is 0 Å². The lowest BCUT2D eigenvalue weighted by Crippen LogP contribution is -2.12. The summed E-state index contributed by atoms with van der Waals surface area (Å²) in [5.74, 6) is 0. The van der Waals surface area contributed by atoms with Crippen molar-refractivity contribution in [2.24, 2.45) is 0 Å². The molecule has 0 saturated carbocycles. The van der Waals surface area contributed by atoms with Crippen molar-refractivity contribution in [1.82, 2.24) is 9.97 Å². The molecule has 1 N–H and O–H groups in total. The second-order valence-corrected chi connectivity index (χ2v) is 5.92. The third kappa shape index (κ3) is 2.31. The fourth-order valence-corrected chi connectivity index (χ4v) is 3.19. The van der Waals surface area contributed by atoms with E-state index in [0.717, 1.165) is 27.2 Å². The van der Waals surface area contributed by atoms with Crippen LogP contribution in [0.1, 0.15) is 21.1 Å². The second kappa shape index (κ2) is 4.63. The summed E-state index contributed by atoms with van der Waals surface area (Å²) in [6.45, 7) is 3.99. The average molecular weight is 270 g/mol. The lowest BCUT2D eigenvalue weighted by atomic mass is 10.1. The summed E-state index contributed by atoms with van der Waals surface area (Å²) in [6, 6.07) is 9.81. The van der Waals surface area contributed by atoms with Gasteiger partial charge in [-0.25, -0.2) is 4.98 Å². The smallest absolute Gasteiger partial charge is 0.251 e. The summed E-state index contributed by atoms with van der Waals surface area (Å²) in [5, 5.41) is 2.11. The van der Waals surface area contributed by atoms with Gasteiger partial charge >= 0.3 is 0 Å². The highest BCUT2D eigenvalue weighted by molar-refractivity contribution is 7.11. The Labute approximate surface area is 115 Å². The number of rotatable bonds is 2. The Bertz CT molecular complexity index is 801. The van der Waals surface area contributed by atoms with Crippen molar-refractivity contribution >= 4 is 22.2 Å². The molecule has 1 aromatic carbocycles. The summed E-state index contributed by atoms with van der Waals surface area (Å²) in [4.78, 5) is 20.6. The molecule has 0 fully saturated rings. The monoisotopic (exact) mass is 270 g/mol. The fourth-order valence-electron chi connectivity index (χ4n) is 2.23. The number of aromatic amines is 1. The van der Waals surface area contributed by atoms with Crippen LogP contribution < -0.4 is 5.56 Å². The zero-order valence-corrected chi connectivity index (χ0v) is 11.7. The molecule has 0 aliphatic heterocycles. The summed E-state index contributed by atoms with van der Waals surface area (Å²) in [5.41, 5.74) is 2.69. The van der Waals surface area contributed by atoms with Gasteiger partial charge in [-0.15, -0.1) is 11.3 Å². The summed E-state index contributed by atoms with van der Waals surface area (Å²) in [6.07, 6.45) is 0.650. The van der Waals surface area contributed by atoms with Crippen LogP contribution in [0.25, 0.3) is 10.9 Å². The van der Waals surface area contributed by atoms with Crippen molar-refractivity contribution < 1.29 is 0 Å². The van der Waals surface area contributed by atoms with Crippen LogP contribution in [-0.2, 0) is 6.42 Å². The topological polar surface area (TPSA) is 45.8 Å². The molecular weight excluding hydrogens is 256 g/mol. The number of para-hydroxylation sites is 1. The minimum Gasteiger partial charge on any atom is -0.322 e. The standard InChI is InChI=1S/C15H14N2OS/c1-9-14(19-10(2)16-9)8-12-7-11-5-3-4-6-13(11)17-15(12)18/h3-7H,8H2,1-2H3,(H,17,18). The number of hydrogen-bond acceptors (Lipinski definition) is 3. The van der Waals surface area contributed by atoms with Crippen molar-refractivity contribution in [3.8, 4) is 0 Å². The molecule has 19 heavy (non-hydrogen) atoms. The number of nitrogens with one attached hydrogen (secondary N) is 1. The third-order valence-electron chi connectivity index (χ3n) is 3.18. The number of benzene rings is 1. The molecule has 0 saturated heterocycles. The summed E-state index contributed by atoms with van der Waals surface area (Å²) >= 11 is 1.66. The Morgan fingerprint density at radius 3 is 2.79 bits per heavy atom. The van der Waals surface area contributed by atoms with Gasteiger partial charge in [0.15, 0.2) is 0 Å². The second-order valence-electron chi connectivity index (χ2n) is 4.63. The van der Waals surface area contributed by atoms with Gasteiger partial charge in [0.2, 0.25) is 0 Å². The van der Waals surface area contributed by atoms with E-state index in [1.54, 1.807) is 11.3 Å². The van der Waals surface area contributed by atoms with Crippen molar-refractivity contribution in [3.05, 3.63) is 61.8 Å². The van der Waals surface area contributed by atoms with E-state index in [9.17, 15) is 4.79 Å².